The molecule has 0 spiro atoms. The van der Waals surface area contributed by atoms with Crippen molar-refractivity contribution < 1.29 is 13.2 Å². The van der Waals surface area contributed by atoms with E-state index in [0.29, 0.717) is 10.9 Å². The van der Waals surface area contributed by atoms with Crippen LogP contribution in [0.3, 0.4) is 0 Å². The highest BCUT2D eigenvalue weighted by Crippen LogP contribution is 2.37. The van der Waals surface area contributed by atoms with Crippen molar-refractivity contribution in [3.63, 3.8) is 0 Å². The van der Waals surface area contributed by atoms with Crippen LogP contribution < -0.4 is 0 Å². The second-order valence-electron chi connectivity index (χ2n) is 6.41. The number of halogens is 3. The molecule has 0 aliphatic rings. The van der Waals surface area contributed by atoms with Gasteiger partial charge in [0.15, 0.2) is 0 Å². The van der Waals surface area contributed by atoms with E-state index in [1.165, 1.54) is 6.07 Å². The second-order valence-corrected chi connectivity index (χ2v) is 6.41. The van der Waals surface area contributed by atoms with Gasteiger partial charge in [0.05, 0.1) is 11.1 Å². The zero-order chi connectivity index (χ0) is 17.9. The Kier molecular flexibility index (Phi) is 3.02. The Hall–Kier alpha value is -3.14. The molecule has 0 radical (unpaired) electrons. The SMILES string of the molecule is FC(F)(F)c1cnc2c(ccc3ccc4ccc5ccccc5c4c32)c1. The van der Waals surface area contributed by atoms with E-state index in [4.69, 9.17) is 0 Å². The molecule has 0 N–H and O–H groups in total. The Bertz CT molecular complexity index is 1310. The summed E-state index contributed by atoms with van der Waals surface area (Å²) in [5.74, 6) is 0. The fourth-order valence-electron chi connectivity index (χ4n) is 3.66. The Morgan fingerprint density at radius 1 is 0.654 bits per heavy atom. The Labute approximate surface area is 146 Å². The van der Waals surface area contributed by atoms with Gasteiger partial charge in [-0.15, -0.1) is 0 Å². The lowest BCUT2D eigenvalue weighted by Crippen LogP contribution is -2.05. The van der Waals surface area contributed by atoms with Crippen LogP contribution in [0.5, 0.6) is 0 Å². The minimum Gasteiger partial charge on any atom is -0.255 e. The molecule has 4 heteroatoms. The maximum atomic E-state index is 13.1. The summed E-state index contributed by atoms with van der Waals surface area (Å²) in [5, 5.41) is 6.59. The molecule has 26 heavy (non-hydrogen) atoms. The van der Waals surface area contributed by atoms with Crippen LogP contribution in [0.25, 0.3) is 43.2 Å². The number of rotatable bonds is 0. The fourth-order valence-corrected chi connectivity index (χ4v) is 3.66. The predicted molar refractivity (Wildman–Crippen MR) is 99.3 cm³/mol. The van der Waals surface area contributed by atoms with E-state index in [1.54, 1.807) is 6.07 Å². The zero-order valence-corrected chi connectivity index (χ0v) is 13.5. The maximum Gasteiger partial charge on any atom is 0.417 e. The van der Waals surface area contributed by atoms with Crippen LogP contribution in [0.15, 0.2) is 72.9 Å². The first-order valence-corrected chi connectivity index (χ1v) is 8.22. The summed E-state index contributed by atoms with van der Waals surface area (Å²) in [6.45, 7) is 0. The molecule has 0 saturated carbocycles. The maximum absolute atomic E-state index is 13.1. The summed E-state index contributed by atoms with van der Waals surface area (Å²) in [5.41, 5.74) is -0.133. The van der Waals surface area contributed by atoms with E-state index in [1.807, 2.05) is 48.5 Å². The first-order chi connectivity index (χ1) is 12.5. The largest absolute Gasteiger partial charge is 0.417 e. The monoisotopic (exact) mass is 347 g/mol. The summed E-state index contributed by atoms with van der Waals surface area (Å²) in [7, 11) is 0. The number of hydrogen-bond acceptors (Lipinski definition) is 1. The molecule has 5 aromatic rings. The molecule has 0 aliphatic carbocycles. The van der Waals surface area contributed by atoms with E-state index in [-0.39, 0.29) is 0 Å². The Morgan fingerprint density at radius 2 is 1.27 bits per heavy atom. The van der Waals surface area contributed by atoms with Gasteiger partial charge in [0.25, 0.3) is 0 Å². The average Bonchev–Trinajstić information content (AvgIpc) is 2.66. The predicted octanol–water partition coefficient (Wildman–Crippen LogP) is 6.71. The number of aromatic nitrogens is 1. The Balaban J connectivity index is 2.01. The molecule has 0 saturated heterocycles. The van der Waals surface area contributed by atoms with E-state index < -0.39 is 11.7 Å². The number of alkyl halides is 3. The van der Waals surface area contributed by atoms with Gasteiger partial charge in [-0.05, 0) is 33.0 Å². The van der Waals surface area contributed by atoms with Crippen LogP contribution in [0, 0.1) is 0 Å². The van der Waals surface area contributed by atoms with Crippen LogP contribution in [-0.2, 0) is 6.18 Å². The summed E-state index contributed by atoms with van der Waals surface area (Å²) in [6, 6.07) is 20.9. The number of fused-ring (bicyclic) bond motifs is 7. The van der Waals surface area contributed by atoms with E-state index in [9.17, 15) is 13.2 Å². The lowest BCUT2D eigenvalue weighted by atomic mass is 9.94. The van der Waals surface area contributed by atoms with Crippen LogP contribution >= 0.6 is 0 Å². The van der Waals surface area contributed by atoms with Crippen molar-refractivity contribution in [1.29, 1.82) is 0 Å². The van der Waals surface area contributed by atoms with Crippen molar-refractivity contribution in [3.05, 3.63) is 78.5 Å². The number of pyridine rings is 1. The molecule has 0 atom stereocenters. The number of hydrogen-bond donors (Lipinski definition) is 0. The molecule has 0 bridgehead atoms. The zero-order valence-electron chi connectivity index (χ0n) is 13.5. The van der Waals surface area contributed by atoms with Crippen molar-refractivity contribution in [3.8, 4) is 0 Å². The topological polar surface area (TPSA) is 12.9 Å². The van der Waals surface area contributed by atoms with E-state index in [0.717, 1.165) is 38.5 Å². The first kappa shape index (κ1) is 15.1. The third kappa shape index (κ3) is 2.15. The minimum absolute atomic E-state index is 0.493. The third-order valence-electron chi connectivity index (χ3n) is 4.87. The second kappa shape index (κ2) is 5.18. The van der Waals surface area contributed by atoms with Gasteiger partial charge in [-0.1, -0.05) is 60.7 Å². The standard InChI is InChI=1S/C22H12F3N/c23-22(24,25)17-11-16-10-9-15-8-7-14-6-5-13-3-1-2-4-18(13)19(14)20(15)21(16)26-12-17/h1-12H. The van der Waals surface area contributed by atoms with Crippen LogP contribution in [0.4, 0.5) is 13.2 Å². The molecule has 0 aliphatic heterocycles. The lowest BCUT2D eigenvalue weighted by molar-refractivity contribution is -0.137. The minimum atomic E-state index is -4.40. The highest BCUT2D eigenvalue weighted by molar-refractivity contribution is 6.26. The van der Waals surface area contributed by atoms with Crippen LogP contribution in [0.1, 0.15) is 5.56 Å². The van der Waals surface area contributed by atoms with E-state index >= 15 is 0 Å². The molecule has 0 amide bonds. The summed E-state index contributed by atoms with van der Waals surface area (Å²) >= 11 is 0. The normalized spacial score (nSPS) is 12.4. The van der Waals surface area contributed by atoms with Crippen molar-refractivity contribution in [1.82, 2.24) is 4.98 Å². The number of benzene rings is 4. The third-order valence-corrected chi connectivity index (χ3v) is 4.87. The van der Waals surface area contributed by atoms with Gasteiger partial charge in [0.1, 0.15) is 0 Å². The van der Waals surface area contributed by atoms with Gasteiger partial charge in [-0.2, -0.15) is 13.2 Å². The summed E-state index contributed by atoms with van der Waals surface area (Å²) in [6.07, 6.45) is -3.48. The smallest absolute Gasteiger partial charge is 0.255 e. The summed E-state index contributed by atoms with van der Waals surface area (Å²) < 4.78 is 39.2. The molecule has 4 aromatic carbocycles. The average molecular weight is 347 g/mol. The van der Waals surface area contributed by atoms with Gasteiger partial charge >= 0.3 is 6.18 Å². The quantitative estimate of drug-likeness (QED) is 0.284. The lowest BCUT2D eigenvalue weighted by Gasteiger charge is -2.12. The molecular formula is C22H12F3N. The van der Waals surface area contributed by atoms with Crippen molar-refractivity contribution in [2.24, 2.45) is 0 Å². The van der Waals surface area contributed by atoms with Gasteiger partial charge < -0.3 is 0 Å². The van der Waals surface area contributed by atoms with Gasteiger partial charge in [-0.25, -0.2) is 0 Å². The molecule has 1 heterocycles. The highest BCUT2D eigenvalue weighted by atomic mass is 19.4. The molecular weight excluding hydrogens is 335 g/mol. The van der Waals surface area contributed by atoms with Crippen LogP contribution in [0.2, 0.25) is 0 Å². The molecule has 0 fully saturated rings. The molecule has 0 unspecified atom stereocenters. The van der Waals surface area contributed by atoms with E-state index in [2.05, 4.69) is 11.1 Å². The molecule has 5 rings (SSSR count). The van der Waals surface area contributed by atoms with Crippen molar-refractivity contribution >= 4 is 43.2 Å². The van der Waals surface area contributed by atoms with Gasteiger partial charge in [0, 0.05) is 17.0 Å². The first-order valence-electron chi connectivity index (χ1n) is 8.22. The Morgan fingerprint density at radius 3 is 2.00 bits per heavy atom. The number of nitrogens with zero attached hydrogens (tertiary/aromatic N) is 1. The van der Waals surface area contributed by atoms with Crippen LogP contribution in [-0.4, -0.2) is 4.98 Å². The molecule has 1 nitrogen and oxygen atoms in total. The molecule has 1 aromatic heterocycles. The summed E-state index contributed by atoms with van der Waals surface area (Å²) in [4.78, 5) is 4.21. The fraction of sp³-hybridized carbons (Fsp3) is 0.0455. The van der Waals surface area contributed by atoms with Crippen molar-refractivity contribution in [2.45, 2.75) is 6.18 Å². The highest BCUT2D eigenvalue weighted by Gasteiger charge is 2.31. The van der Waals surface area contributed by atoms with Gasteiger partial charge in [-0.3, -0.25) is 4.98 Å². The van der Waals surface area contributed by atoms with Crippen molar-refractivity contribution in [2.75, 3.05) is 0 Å². The van der Waals surface area contributed by atoms with Gasteiger partial charge in [0.2, 0.25) is 0 Å². The molecule has 126 valence electrons.